The Kier molecular flexibility index (Phi) is 10.6. The summed E-state index contributed by atoms with van der Waals surface area (Å²) < 4.78 is 0. The van der Waals surface area contributed by atoms with Crippen LogP contribution in [0.4, 0.5) is 0 Å². The SMILES string of the molecule is CC(C)CCN(CCCC(c1ccc(Cl)cc1)c1ccc(Cl)cc1)CCC(C)C. The lowest BCUT2D eigenvalue weighted by Gasteiger charge is -2.25. The Balaban J connectivity index is 2.04. The van der Waals surface area contributed by atoms with Gasteiger partial charge in [-0.25, -0.2) is 0 Å². The van der Waals surface area contributed by atoms with Crippen molar-refractivity contribution in [2.24, 2.45) is 11.8 Å². The first-order chi connectivity index (χ1) is 13.8. The number of benzene rings is 2. The van der Waals surface area contributed by atoms with Crippen LogP contribution in [-0.4, -0.2) is 24.5 Å². The molecule has 0 heterocycles. The first-order valence-electron chi connectivity index (χ1n) is 11.1. The van der Waals surface area contributed by atoms with Gasteiger partial charge in [-0.3, -0.25) is 0 Å². The van der Waals surface area contributed by atoms with Gasteiger partial charge in [0.05, 0.1) is 0 Å². The Labute approximate surface area is 188 Å². The van der Waals surface area contributed by atoms with Crippen molar-refractivity contribution in [2.75, 3.05) is 19.6 Å². The molecule has 0 aliphatic heterocycles. The second kappa shape index (κ2) is 12.6. The van der Waals surface area contributed by atoms with Gasteiger partial charge in [-0.1, -0.05) is 75.2 Å². The minimum Gasteiger partial charge on any atom is -0.303 e. The first kappa shape index (κ1) is 24.3. The summed E-state index contributed by atoms with van der Waals surface area (Å²) in [6, 6.07) is 16.6. The molecular weight excluding hydrogens is 397 g/mol. The van der Waals surface area contributed by atoms with Crippen molar-refractivity contribution in [3.63, 3.8) is 0 Å². The van der Waals surface area contributed by atoms with Crippen molar-refractivity contribution in [3.05, 3.63) is 69.7 Å². The molecule has 0 aliphatic carbocycles. The van der Waals surface area contributed by atoms with Gasteiger partial charge < -0.3 is 4.90 Å². The number of hydrogen-bond acceptors (Lipinski definition) is 1. The minimum absolute atomic E-state index is 0.376. The largest absolute Gasteiger partial charge is 0.303 e. The molecule has 0 unspecified atom stereocenters. The van der Waals surface area contributed by atoms with E-state index in [0.717, 1.165) is 34.8 Å². The van der Waals surface area contributed by atoms with E-state index in [9.17, 15) is 0 Å². The molecule has 0 spiro atoms. The van der Waals surface area contributed by atoms with Gasteiger partial charge in [-0.2, -0.15) is 0 Å². The fraction of sp³-hybridized carbons (Fsp3) is 0.538. The quantitative estimate of drug-likeness (QED) is 0.325. The monoisotopic (exact) mass is 433 g/mol. The normalized spacial score (nSPS) is 11.9. The lowest BCUT2D eigenvalue weighted by molar-refractivity contribution is 0.238. The maximum Gasteiger partial charge on any atom is 0.0406 e. The molecular formula is C26H37Cl2N. The van der Waals surface area contributed by atoms with Crippen molar-refractivity contribution in [3.8, 4) is 0 Å². The zero-order chi connectivity index (χ0) is 21.2. The summed E-state index contributed by atoms with van der Waals surface area (Å²) in [5.74, 6) is 1.89. The van der Waals surface area contributed by atoms with Gasteiger partial charge in [-0.05, 0) is 92.5 Å². The molecule has 0 amide bonds. The number of hydrogen-bond donors (Lipinski definition) is 0. The van der Waals surface area contributed by atoms with Crippen molar-refractivity contribution in [1.82, 2.24) is 4.90 Å². The molecule has 29 heavy (non-hydrogen) atoms. The standard InChI is InChI=1S/C26H37Cl2N/c1-20(2)15-18-29(19-16-21(3)4)17-5-6-26(22-7-11-24(27)12-8-22)23-9-13-25(28)14-10-23/h7-14,20-21,26H,5-6,15-19H2,1-4H3. The maximum atomic E-state index is 6.13. The molecule has 2 aromatic rings. The van der Waals surface area contributed by atoms with Gasteiger partial charge in [0.2, 0.25) is 0 Å². The van der Waals surface area contributed by atoms with Crippen molar-refractivity contribution in [1.29, 1.82) is 0 Å². The Morgan fingerprint density at radius 3 is 1.41 bits per heavy atom. The van der Waals surface area contributed by atoms with Crippen molar-refractivity contribution >= 4 is 23.2 Å². The van der Waals surface area contributed by atoms with Gasteiger partial charge in [0, 0.05) is 16.0 Å². The third-order valence-electron chi connectivity index (χ3n) is 5.56. The molecule has 0 aliphatic rings. The minimum atomic E-state index is 0.376. The van der Waals surface area contributed by atoms with Crippen LogP contribution in [0, 0.1) is 11.8 Å². The molecule has 160 valence electrons. The lowest BCUT2D eigenvalue weighted by atomic mass is 9.87. The lowest BCUT2D eigenvalue weighted by Crippen LogP contribution is -2.29. The highest BCUT2D eigenvalue weighted by atomic mass is 35.5. The van der Waals surface area contributed by atoms with Crippen LogP contribution in [0.3, 0.4) is 0 Å². The highest BCUT2D eigenvalue weighted by Gasteiger charge is 2.16. The molecule has 0 fully saturated rings. The van der Waals surface area contributed by atoms with Crippen LogP contribution in [0.15, 0.2) is 48.5 Å². The fourth-order valence-electron chi connectivity index (χ4n) is 3.65. The molecule has 0 N–H and O–H groups in total. The topological polar surface area (TPSA) is 3.24 Å². The average molecular weight is 434 g/mol. The molecule has 0 aromatic heterocycles. The van der Waals surface area contributed by atoms with E-state index in [1.165, 1.54) is 43.5 Å². The molecule has 1 nitrogen and oxygen atoms in total. The van der Waals surface area contributed by atoms with Crippen LogP contribution < -0.4 is 0 Å². The van der Waals surface area contributed by atoms with E-state index >= 15 is 0 Å². The first-order valence-corrected chi connectivity index (χ1v) is 11.8. The smallest absolute Gasteiger partial charge is 0.0406 e. The Hall–Kier alpha value is -1.02. The Morgan fingerprint density at radius 2 is 1.03 bits per heavy atom. The van der Waals surface area contributed by atoms with Gasteiger partial charge >= 0.3 is 0 Å². The van der Waals surface area contributed by atoms with Crippen LogP contribution in [0.25, 0.3) is 0 Å². The Bertz CT molecular complexity index is 634. The number of nitrogens with zero attached hydrogens (tertiary/aromatic N) is 1. The molecule has 0 saturated heterocycles. The van der Waals surface area contributed by atoms with Crippen LogP contribution in [0.5, 0.6) is 0 Å². The molecule has 0 bridgehead atoms. The maximum absolute atomic E-state index is 6.13. The van der Waals surface area contributed by atoms with Gasteiger partial charge in [0.1, 0.15) is 0 Å². The van der Waals surface area contributed by atoms with Crippen LogP contribution in [-0.2, 0) is 0 Å². The third kappa shape index (κ3) is 9.11. The average Bonchev–Trinajstić information content (AvgIpc) is 2.68. The van der Waals surface area contributed by atoms with E-state index < -0.39 is 0 Å². The Morgan fingerprint density at radius 1 is 0.621 bits per heavy atom. The predicted octanol–water partition coefficient (Wildman–Crippen LogP) is 8.30. The molecule has 0 atom stereocenters. The summed E-state index contributed by atoms with van der Waals surface area (Å²) >= 11 is 12.3. The van der Waals surface area contributed by atoms with E-state index in [4.69, 9.17) is 23.2 Å². The predicted molar refractivity (Wildman–Crippen MR) is 129 cm³/mol. The molecule has 2 rings (SSSR count). The van der Waals surface area contributed by atoms with Gasteiger partial charge in [0.15, 0.2) is 0 Å². The molecule has 0 saturated carbocycles. The van der Waals surface area contributed by atoms with Gasteiger partial charge in [-0.15, -0.1) is 0 Å². The highest BCUT2D eigenvalue weighted by molar-refractivity contribution is 6.30. The number of rotatable bonds is 12. The third-order valence-corrected chi connectivity index (χ3v) is 6.06. The van der Waals surface area contributed by atoms with Crippen molar-refractivity contribution in [2.45, 2.75) is 59.3 Å². The van der Waals surface area contributed by atoms with E-state index in [-0.39, 0.29) is 0 Å². The van der Waals surface area contributed by atoms with Crippen LogP contribution in [0.1, 0.15) is 70.4 Å². The zero-order valence-corrected chi connectivity index (χ0v) is 20.0. The van der Waals surface area contributed by atoms with Crippen LogP contribution in [0.2, 0.25) is 10.0 Å². The van der Waals surface area contributed by atoms with Gasteiger partial charge in [0.25, 0.3) is 0 Å². The van der Waals surface area contributed by atoms with E-state index in [1.54, 1.807) is 0 Å². The number of halogens is 2. The summed E-state index contributed by atoms with van der Waals surface area (Å²) in [5.41, 5.74) is 2.65. The summed E-state index contributed by atoms with van der Waals surface area (Å²) in [4.78, 5) is 2.67. The second-order valence-corrected chi connectivity index (χ2v) is 9.88. The highest BCUT2D eigenvalue weighted by Crippen LogP contribution is 2.31. The summed E-state index contributed by atoms with van der Waals surface area (Å²) in [5, 5.41) is 1.58. The summed E-state index contributed by atoms with van der Waals surface area (Å²) in [7, 11) is 0. The summed E-state index contributed by atoms with van der Waals surface area (Å²) in [6.45, 7) is 12.8. The van der Waals surface area contributed by atoms with E-state index in [0.29, 0.717) is 5.92 Å². The molecule has 3 heteroatoms. The van der Waals surface area contributed by atoms with E-state index in [1.807, 2.05) is 24.3 Å². The van der Waals surface area contributed by atoms with E-state index in [2.05, 4.69) is 56.9 Å². The second-order valence-electron chi connectivity index (χ2n) is 9.00. The molecule has 0 radical (unpaired) electrons. The molecule has 2 aromatic carbocycles. The van der Waals surface area contributed by atoms with Crippen molar-refractivity contribution < 1.29 is 0 Å². The zero-order valence-electron chi connectivity index (χ0n) is 18.5. The van der Waals surface area contributed by atoms with Crippen LogP contribution >= 0.6 is 23.2 Å². The summed E-state index contributed by atoms with van der Waals surface area (Å²) in [6.07, 6.45) is 4.86. The fourth-order valence-corrected chi connectivity index (χ4v) is 3.90.